The van der Waals surface area contributed by atoms with Gasteiger partial charge in [-0.15, -0.1) is 0 Å². The van der Waals surface area contributed by atoms with Crippen molar-refractivity contribution in [1.29, 1.82) is 0 Å². The molecule has 0 amide bonds. The lowest BCUT2D eigenvalue weighted by Crippen LogP contribution is -2.30. The standard InChI is InChI=1S/C11H20N2O/c1-4-13(9(2)3)8-10-5-6-14-11(10)7-12/h5-6,9H,4,7-8,12H2,1-3H3. The molecule has 0 bridgehead atoms. The number of furan rings is 1. The highest BCUT2D eigenvalue weighted by molar-refractivity contribution is 5.16. The third-order valence-corrected chi connectivity index (χ3v) is 2.53. The molecule has 0 spiro atoms. The Labute approximate surface area is 85.9 Å². The second-order valence-electron chi connectivity index (χ2n) is 3.73. The van der Waals surface area contributed by atoms with Crippen LogP contribution in [0, 0.1) is 0 Å². The van der Waals surface area contributed by atoms with Crippen molar-refractivity contribution in [3.63, 3.8) is 0 Å². The van der Waals surface area contributed by atoms with Crippen LogP contribution < -0.4 is 5.73 Å². The zero-order valence-electron chi connectivity index (χ0n) is 9.29. The van der Waals surface area contributed by atoms with Crippen molar-refractivity contribution in [2.24, 2.45) is 5.73 Å². The first kappa shape index (κ1) is 11.3. The molecule has 80 valence electrons. The van der Waals surface area contributed by atoms with Crippen molar-refractivity contribution in [3.8, 4) is 0 Å². The zero-order chi connectivity index (χ0) is 10.6. The average Bonchev–Trinajstić information content (AvgIpc) is 2.60. The topological polar surface area (TPSA) is 42.4 Å². The average molecular weight is 196 g/mol. The van der Waals surface area contributed by atoms with Gasteiger partial charge < -0.3 is 10.2 Å². The van der Waals surface area contributed by atoms with Crippen LogP contribution in [-0.2, 0) is 13.1 Å². The Morgan fingerprint density at radius 3 is 2.71 bits per heavy atom. The van der Waals surface area contributed by atoms with Crippen LogP contribution in [0.1, 0.15) is 32.1 Å². The molecule has 0 atom stereocenters. The highest BCUT2D eigenvalue weighted by atomic mass is 16.3. The molecule has 0 saturated carbocycles. The number of hydrogen-bond acceptors (Lipinski definition) is 3. The van der Waals surface area contributed by atoms with Gasteiger partial charge in [0.15, 0.2) is 0 Å². The number of hydrogen-bond donors (Lipinski definition) is 1. The fourth-order valence-electron chi connectivity index (χ4n) is 1.57. The first-order valence-electron chi connectivity index (χ1n) is 5.18. The summed E-state index contributed by atoms with van der Waals surface area (Å²) in [6, 6.07) is 2.56. The summed E-state index contributed by atoms with van der Waals surface area (Å²) in [6.45, 7) is 9.03. The van der Waals surface area contributed by atoms with Crippen molar-refractivity contribution in [2.75, 3.05) is 6.54 Å². The molecule has 2 N–H and O–H groups in total. The van der Waals surface area contributed by atoms with Crippen molar-refractivity contribution in [3.05, 3.63) is 23.7 Å². The van der Waals surface area contributed by atoms with E-state index in [2.05, 4.69) is 25.7 Å². The molecule has 1 rings (SSSR count). The Morgan fingerprint density at radius 1 is 1.50 bits per heavy atom. The second kappa shape index (κ2) is 5.17. The molecule has 0 saturated heterocycles. The van der Waals surface area contributed by atoms with Gasteiger partial charge in [-0.25, -0.2) is 0 Å². The molecule has 1 aromatic heterocycles. The summed E-state index contributed by atoms with van der Waals surface area (Å²) in [5, 5.41) is 0. The van der Waals surface area contributed by atoms with Gasteiger partial charge in [-0.3, -0.25) is 4.90 Å². The van der Waals surface area contributed by atoms with Gasteiger partial charge in [-0.05, 0) is 26.5 Å². The first-order valence-corrected chi connectivity index (χ1v) is 5.18. The normalized spacial score (nSPS) is 11.6. The van der Waals surface area contributed by atoms with Crippen molar-refractivity contribution < 1.29 is 4.42 Å². The lowest BCUT2D eigenvalue weighted by Gasteiger charge is -2.24. The Bertz CT molecular complexity index is 268. The van der Waals surface area contributed by atoms with Crippen LogP contribution in [0.5, 0.6) is 0 Å². The van der Waals surface area contributed by atoms with E-state index in [-0.39, 0.29) is 0 Å². The fraction of sp³-hybridized carbons (Fsp3) is 0.636. The highest BCUT2D eigenvalue weighted by Crippen LogP contribution is 2.14. The maximum absolute atomic E-state index is 5.58. The third-order valence-electron chi connectivity index (χ3n) is 2.53. The predicted octanol–water partition coefficient (Wildman–Crippen LogP) is 1.97. The van der Waals surface area contributed by atoms with Crippen molar-refractivity contribution >= 4 is 0 Å². The minimum absolute atomic E-state index is 0.484. The molecule has 1 aromatic rings. The Hall–Kier alpha value is -0.800. The Balaban J connectivity index is 2.66. The van der Waals surface area contributed by atoms with E-state index in [1.54, 1.807) is 6.26 Å². The predicted molar refractivity (Wildman–Crippen MR) is 57.8 cm³/mol. The summed E-state index contributed by atoms with van der Waals surface area (Å²) < 4.78 is 5.29. The molecular formula is C11H20N2O. The van der Waals surface area contributed by atoms with E-state index in [4.69, 9.17) is 10.2 Å². The quantitative estimate of drug-likeness (QED) is 0.783. The summed E-state index contributed by atoms with van der Waals surface area (Å²) in [7, 11) is 0. The summed E-state index contributed by atoms with van der Waals surface area (Å²) in [4.78, 5) is 2.38. The molecule has 0 unspecified atom stereocenters. The molecule has 14 heavy (non-hydrogen) atoms. The molecule has 0 fully saturated rings. The van der Waals surface area contributed by atoms with Crippen LogP contribution in [0.2, 0.25) is 0 Å². The van der Waals surface area contributed by atoms with Crippen LogP contribution in [0.15, 0.2) is 16.7 Å². The maximum atomic E-state index is 5.58. The molecule has 0 aliphatic rings. The molecule has 0 radical (unpaired) electrons. The van der Waals surface area contributed by atoms with Crippen molar-refractivity contribution in [2.45, 2.75) is 39.9 Å². The van der Waals surface area contributed by atoms with Crippen molar-refractivity contribution in [1.82, 2.24) is 4.90 Å². The first-order chi connectivity index (χ1) is 6.69. The summed E-state index contributed by atoms with van der Waals surface area (Å²) >= 11 is 0. The van der Waals surface area contributed by atoms with Crippen LogP contribution in [0.3, 0.4) is 0 Å². The molecule has 3 nitrogen and oxygen atoms in total. The lowest BCUT2D eigenvalue weighted by atomic mass is 10.2. The number of rotatable bonds is 5. The molecule has 1 heterocycles. The van der Waals surface area contributed by atoms with E-state index < -0.39 is 0 Å². The minimum atomic E-state index is 0.484. The molecule has 0 aliphatic heterocycles. The zero-order valence-corrected chi connectivity index (χ0v) is 9.29. The monoisotopic (exact) mass is 196 g/mol. The van der Waals surface area contributed by atoms with E-state index in [1.807, 2.05) is 6.07 Å². The summed E-state index contributed by atoms with van der Waals surface area (Å²) in [5.74, 6) is 0.907. The van der Waals surface area contributed by atoms with Crippen LogP contribution >= 0.6 is 0 Å². The second-order valence-corrected chi connectivity index (χ2v) is 3.73. The van der Waals surface area contributed by atoms with E-state index in [9.17, 15) is 0 Å². The maximum Gasteiger partial charge on any atom is 0.121 e. The molecule has 0 aromatic carbocycles. The van der Waals surface area contributed by atoms with Gasteiger partial charge in [0.25, 0.3) is 0 Å². The Kier molecular flexibility index (Phi) is 4.17. The largest absolute Gasteiger partial charge is 0.468 e. The summed E-state index contributed by atoms with van der Waals surface area (Å²) in [6.07, 6.45) is 1.71. The van der Waals surface area contributed by atoms with E-state index in [0.29, 0.717) is 12.6 Å². The van der Waals surface area contributed by atoms with Crippen LogP contribution in [0.4, 0.5) is 0 Å². The van der Waals surface area contributed by atoms with Gasteiger partial charge in [0.2, 0.25) is 0 Å². The molecular weight excluding hydrogens is 176 g/mol. The summed E-state index contributed by atoms with van der Waals surface area (Å²) in [5.41, 5.74) is 6.79. The van der Waals surface area contributed by atoms with Gasteiger partial charge in [0.05, 0.1) is 12.8 Å². The fourth-order valence-corrected chi connectivity index (χ4v) is 1.57. The molecule has 3 heteroatoms. The number of nitrogens with zero attached hydrogens (tertiary/aromatic N) is 1. The Morgan fingerprint density at radius 2 is 2.21 bits per heavy atom. The highest BCUT2D eigenvalue weighted by Gasteiger charge is 2.11. The SMILES string of the molecule is CCN(Cc1ccoc1CN)C(C)C. The van der Waals surface area contributed by atoms with Gasteiger partial charge in [0, 0.05) is 18.2 Å². The van der Waals surface area contributed by atoms with Crippen LogP contribution in [0.25, 0.3) is 0 Å². The van der Waals surface area contributed by atoms with Gasteiger partial charge in [-0.1, -0.05) is 6.92 Å². The lowest BCUT2D eigenvalue weighted by molar-refractivity contribution is 0.223. The van der Waals surface area contributed by atoms with Crippen LogP contribution in [-0.4, -0.2) is 17.5 Å². The third kappa shape index (κ3) is 2.59. The van der Waals surface area contributed by atoms with E-state index >= 15 is 0 Å². The minimum Gasteiger partial charge on any atom is -0.468 e. The smallest absolute Gasteiger partial charge is 0.121 e. The van der Waals surface area contributed by atoms with Gasteiger partial charge >= 0.3 is 0 Å². The molecule has 0 aliphatic carbocycles. The number of nitrogens with two attached hydrogens (primary N) is 1. The van der Waals surface area contributed by atoms with E-state index in [1.165, 1.54) is 5.56 Å². The van der Waals surface area contributed by atoms with Gasteiger partial charge in [-0.2, -0.15) is 0 Å². The van der Waals surface area contributed by atoms with Gasteiger partial charge in [0.1, 0.15) is 5.76 Å². The van der Waals surface area contributed by atoms with E-state index in [0.717, 1.165) is 18.8 Å².